The minimum Gasteiger partial charge on any atom is -0.457 e. The van der Waals surface area contributed by atoms with Gasteiger partial charge in [0, 0.05) is 29.7 Å². The predicted octanol–water partition coefficient (Wildman–Crippen LogP) is 3.35. The molecule has 0 aromatic rings. The maximum absolute atomic E-state index is 14.2. The molecule has 1 aliphatic heterocycles. The van der Waals surface area contributed by atoms with Crippen LogP contribution in [-0.2, 0) is 38.2 Å². The summed E-state index contributed by atoms with van der Waals surface area (Å²) in [5.41, 5.74) is -1.51. The van der Waals surface area contributed by atoms with Crippen molar-refractivity contribution in [1.29, 1.82) is 0 Å². The van der Waals surface area contributed by atoms with E-state index in [9.17, 15) is 24.3 Å². The molecule has 5 aliphatic rings. The maximum Gasteiger partial charge on any atom is 0.308 e. The number of nitrogens with zero attached hydrogens (tertiary/aromatic N) is 1. The Morgan fingerprint density at radius 2 is 1.94 bits per heavy atom. The molecule has 4 N–H and O–H groups in total. The van der Waals surface area contributed by atoms with E-state index in [2.05, 4.69) is 17.1 Å². The third-order valence-corrected chi connectivity index (χ3v) is 11.5. The van der Waals surface area contributed by atoms with Crippen molar-refractivity contribution in [3.05, 3.63) is 23.8 Å². The summed E-state index contributed by atoms with van der Waals surface area (Å²) in [6.45, 7) is 5.83. The van der Waals surface area contributed by atoms with Crippen LogP contribution >= 0.6 is 0 Å². The Hall–Kier alpha value is -2.52. The zero-order valence-corrected chi connectivity index (χ0v) is 27.7. The SMILES string of the molecule is CCCC1O[C@@H]2C[C@H]3[C@@H]4CCC5=CC(=O)C=C[C@]5(C)[C@H]4[C@@H](O)C[C@]3(C)[C@]2(C(=O)COC(=O)CCNC(=O)CCCCCON(O)O)O1. The summed E-state index contributed by atoms with van der Waals surface area (Å²) >= 11 is 0. The van der Waals surface area contributed by atoms with Crippen LogP contribution in [0.1, 0.15) is 91.4 Å². The van der Waals surface area contributed by atoms with E-state index in [0.29, 0.717) is 38.5 Å². The first-order chi connectivity index (χ1) is 22.4. The molecule has 1 amide bonds. The molecule has 1 heterocycles. The molecule has 13 nitrogen and oxygen atoms in total. The monoisotopic (exact) mass is 662 g/mol. The summed E-state index contributed by atoms with van der Waals surface area (Å²) in [6.07, 6.45) is 9.21. The van der Waals surface area contributed by atoms with Crippen molar-refractivity contribution >= 4 is 23.4 Å². The van der Waals surface area contributed by atoms with Crippen molar-refractivity contribution in [2.75, 3.05) is 19.8 Å². The van der Waals surface area contributed by atoms with Gasteiger partial charge in [0.2, 0.25) is 11.7 Å². The second-order valence-corrected chi connectivity index (χ2v) is 14.2. The molecule has 0 aromatic carbocycles. The molecule has 9 atom stereocenters. The van der Waals surface area contributed by atoms with E-state index in [0.717, 1.165) is 24.8 Å². The number of amides is 1. The van der Waals surface area contributed by atoms with Gasteiger partial charge in [0.25, 0.3) is 0 Å². The number of hydrogen-bond acceptors (Lipinski definition) is 12. The van der Waals surface area contributed by atoms with Gasteiger partial charge in [-0.2, -0.15) is 0 Å². The standard InChI is InChI=1S/C34H50N2O11/c1-4-8-30-46-27-18-24-23-11-10-21-17-22(37)12-14-32(21,2)31(23)25(38)19-33(24,3)34(27,47-30)26(39)20-44-29(41)13-15-35-28(40)9-6-5-7-16-45-36(42)43/h12,14,17,23-25,27,30-31,38,42-43H,4-11,13,15-16,18-20H2,1-3H3,(H,35,40)/t23-,24-,25-,27+,30?,31+,32-,33-,34+/m0/s1. The van der Waals surface area contributed by atoms with Crippen molar-refractivity contribution in [3.63, 3.8) is 0 Å². The Morgan fingerprint density at radius 1 is 1.15 bits per heavy atom. The number of rotatable bonds is 15. The van der Waals surface area contributed by atoms with E-state index < -0.39 is 47.5 Å². The number of Topliss-reactive ketones (excluding diaryl/α,β-unsaturated/α-hetero) is 1. The maximum atomic E-state index is 14.2. The van der Waals surface area contributed by atoms with Crippen LogP contribution in [0.5, 0.6) is 0 Å². The van der Waals surface area contributed by atoms with E-state index in [-0.39, 0.29) is 66.6 Å². The highest BCUT2D eigenvalue weighted by Crippen LogP contribution is 2.69. The fourth-order valence-electron chi connectivity index (χ4n) is 9.43. The van der Waals surface area contributed by atoms with Gasteiger partial charge in [-0.1, -0.05) is 45.3 Å². The first kappa shape index (κ1) is 35.8. The molecule has 262 valence electrons. The van der Waals surface area contributed by atoms with Gasteiger partial charge < -0.3 is 24.6 Å². The van der Waals surface area contributed by atoms with Crippen LogP contribution in [0.25, 0.3) is 0 Å². The smallest absolute Gasteiger partial charge is 0.308 e. The van der Waals surface area contributed by atoms with E-state index in [1.54, 1.807) is 12.2 Å². The van der Waals surface area contributed by atoms with Crippen LogP contribution in [0.15, 0.2) is 23.8 Å². The number of carbonyl (C=O) groups excluding carboxylic acids is 4. The average molecular weight is 663 g/mol. The second kappa shape index (κ2) is 14.5. The molecular weight excluding hydrogens is 612 g/mol. The van der Waals surface area contributed by atoms with Crippen molar-refractivity contribution in [2.45, 2.75) is 115 Å². The fourth-order valence-corrected chi connectivity index (χ4v) is 9.43. The third-order valence-electron chi connectivity index (χ3n) is 11.5. The molecule has 0 radical (unpaired) electrons. The lowest BCUT2D eigenvalue weighted by atomic mass is 9.46. The van der Waals surface area contributed by atoms with Gasteiger partial charge in [0.05, 0.1) is 30.6 Å². The molecule has 0 aromatic heterocycles. The zero-order chi connectivity index (χ0) is 34.0. The second-order valence-electron chi connectivity index (χ2n) is 14.2. The number of fused-ring (bicyclic) bond motifs is 7. The summed E-state index contributed by atoms with van der Waals surface area (Å²) in [6, 6.07) is 0. The van der Waals surface area contributed by atoms with Gasteiger partial charge in [-0.05, 0) is 68.9 Å². The van der Waals surface area contributed by atoms with Crippen molar-refractivity contribution in [3.8, 4) is 0 Å². The number of hydrogen-bond donors (Lipinski definition) is 4. The zero-order valence-electron chi connectivity index (χ0n) is 27.7. The van der Waals surface area contributed by atoms with Crippen molar-refractivity contribution in [2.24, 2.45) is 28.6 Å². The highest BCUT2D eigenvalue weighted by atomic mass is 17.1. The molecule has 1 unspecified atom stereocenters. The Kier molecular flexibility index (Phi) is 11.1. The predicted molar refractivity (Wildman–Crippen MR) is 164 cm³/mol. The summed E-state index contributed by atoms with van der Waals surface area (Å²) in [7, 11) is 0. The first-order valence-electron chi connectivity index (χ1n) is 17.1. The van der Waals surface area contributed by atoms with E-state index in [1.807, 2.05) is 19.9 Å². The molecule has 13 heteroatoms. The van der Waals surface area contributed by atoms with Gasteiger partial charge >= 0.3 is 5.97 Å². The van der Waals surface area contributed by atoms with E-state index in [1.165, 1.54) is 0 Å². The van der Waals surface area contributed by atoms with Gasteiger partial charge in [0.1, 0.15) is 0 Å². The normalized spacial score (nSPS) is 37.1. The minimum atomic E-state index is -1.37. The Balaban J connectivity index is 1.20. The minimum absolute atomic E-state index is 0.0225. The highest BCUT2D eigenvalue weighted by Gasteiger charge is 2.75. The highest BCUT2D eigenvalue weighted by molar-refractivity contribution is 6.01. The van der Waals surface area contributed by atoms with Gasteiger partial charge in [-0.15, -0.1) is 0 Å². The number of ether oxygens (including phenoxy) is 3. The van der Waals surface area contributed by atoms with Crippen LogP contribution in [0.3, 0.4) is 0 Å². The van der Waals surface area contributed by atoms with Gasteiger partial charge in [-0.3, -0.25) is 34.4 Å². The number of esters is 1. The third kappa shape index (κ3) is 6.85. The van der Waals surface area contributed by atoms with Crippen LogP contribution in [0, 0.1) is 28.6 Å². The topological polar surface area (TPSA) is 181 Å². The van der Waals surface area contributed by atoms with Crippen LogP contribution in [0.4, 0.5) is 0 Å². The molecule has 4 aliphatic carbocycles. The number of aliphatic hydroxyl groups excluding tert-OH is 1. The summed E-state index contributed by atoms with van der Waals surface area (Å²) in [5.74, 6) is -1.24. The Labute approximate surface area is 275 Å². The Bertz CT molecular complexity index is 1270. The number of unbranched alkanes of at least 4 members (excludes halogenated alkanes) is 2. The number of ketones is 2. The molecule has 3 saturated carbocycles. The van der Waals surface area contributed by atoms with E-state index in [4.69, 9.17) is 24.6 Å². The van der Waals surface area contributed by atoms with Gasteiger partial charge in [-0.25, -0.2) is 0 Å². The summed E-state index contributed by atoms with van der Waals surface area (Å²) in [4.78, 5) is 55.6. The summed E-state index contributed by atoms with van der Waals surface area (Å²) < 4.78 is 18.5. The van der Waals surface area contributed by atoms with E-state index >= 15 is 0 Å². The molecule has 1 saturated heterocycles. The lowest BCUT2D eigenvalue weighted by Crippen LogP contribution is -2.63. The number of carbonyl (C=O) groups is 4. The number of aliphatic hydroxyl groups is 1. The average Bonchev–Trinajstić information content (AvgIpc) is 3.49. The molecule has 47 heavy (non-hydrogen) atoms. The molecular formula is C34H50N2O11. The molecule has 4 fully saturated rings. The van der Waals surface area contributed by atoms with Crippen LogP contribution in [0.2, 0.25) is 0 Å². The quantitative estimate of drug-likeness (QED) is 0.114. The number of nitrogens with one attached hydrogen (secondary N) is 1. The van der Waals surface area contributed by atoms with Crippen molar-refractivity contribution in [1.82, 2.24) is 10.7 Å². The fraction of sp³-hybridized carbons (Fsp3) is 0.765. The van der Waals surface area contributed by atoms with Crippen molar-refractivity contribution < 1.29 is 53.7 Å². The number of allylic oxidation sites excluding steroid dienone is 4. The lowest BCUT2D eigenvalue weighted by Gasteiger charge is -2.59. The largest absolute Gasteiger partial charge is 0.457 e. The molecule has 0 spiro atoms. The molecule has 0 bridgehead atoms. The van der Waals surface area contributed by atoms with Crippen LogP contribution in [-0.4, -0.2) is 88.2 Å². The summed E-state index contributed by atoms with van der Waals surface area (Å²) in [5, 5.41) is 31.2. The van der Waals surface area contributed by atoms with Gasteiger partial charge in [0.15, 0.2) is 24.3 Å². The lowest BCUT2D eigenvalue weighted by molar-refractivity contribution is -0.492. The van der Waals surface area contributed by atoms with Crippen LogP contribution < -0.4 is 5.32 Å². The molecule has 5 rings (SSSR count). The Morgan fingerprint density at radius 3 is 2.68 bits per heavy atom. The first-order valence-corrected chi connectivity index (χ1v) is 17.1.